The number of nitrogens with zero attached hydrogens (tertiary/aromatic N) is 1. The summed E-state index contributed by atoms with van der Waals surface area (Å²) in [5.41, 5.74) is 1.34. The number of imide groups is 1. The second-order valence-electron chi connectivity index (χ2n) is 4.59. The molecule has 1 aliphatic heterocycles. The highest BCUT2D eigenvalue weighted by atomic mass is 32.2. The molecule has 2 amide bonds. The second kappa shape index (κ2) is 6.07. The zero-order valence-corrected chi connectivity index (χ0v) is 12.7. The van der Waals surface area contributed by atoms with Crippen molar-refractivity contribution in [2.24, 2.45) is 0 Å². The van der Waals surface area contributed by atoms with Crippen molar-refractivity contribution in [1.29, 1.82) is 0 Å². The predicted molar refractivity (Wildman–Crippen MR) is 87.9 cm³/mol. The number of amides is 2. The highest BCUT2D eigenvalue weighted by Crippen LogP contribution is 2.36. The van der Waals surface area contributed by atoms with Gasteiger partial charge in [-0.05, 0) is 36.0 Å². The first-order valence-corrected chi connectivity index (χ1v) is 7.48. The van der Waals surface area contributed by atoms with Gasteiger partial charge in [0.1, 0.15) is 5.75 Å². The van der Waals surface area contributed by atoms with E-state index in [0.717, 1.165) is 17.3 Å². The summed E-state index contributed by atoms with van der Waals surface area (Å²) in [7, 11) is 1.57. The lowest BCUT2D eigenvalue weighted by atomic mass is 10.2. The minimum absolute atomic E-state index is 0.294. The van der Waals surface area contributed by atoms with E-state index in [2.05, 4.69) is 0 Å². The highest BCUT2D eigenvalue weighted by Gasteiger charge is 2.36. The van der Waals surface area contributed by atoms with Gasteiger partial charge >= 0.3 is 0 Å². The van der Waals surface area contributed by atoms with E-state index in [1.54, 1.807) is 37.5 Å². The van der Waals surface area contributed by atoms with Crippen LogP contribution in [0.2, 0.25) is 0 Å². The number of methoxy groups -OCH3 is 1. The van der Waals surface area contributed by atoms with Crippen LogP contribution in [0, 0.1) is 0 Å². The van der Waals surface area contributed by atoms with Crippen molar-refractivity contribution >= 4 is 34.7 Å². The molecule has 0 atom stereocenters. The lowest BCUT2D eigenvalue weighted by Crippen LogP contribution is -2.27. The molecule has 1 heterocycles. The standard InChI is InChI=1S/C17H13NO3S/c1-21-14-10-6-5-7-12(14)11-15-16(19)18(17(20)22-15)13-8-3-2-4-9-13/h2-11H,1H3. The summed E-state index contributed by atoms with van der Waals surface area (Å²) < 4.78 is 5.27. The number of rotatable bonds is 3. The molecule has 1 fully saturated rings. The Morgan fingerprint density at radius 2 is 1.68 bits per heavy atom. The Bertz CT molecular complexity index is 756. The number of ether oxygens (including phenoxy) is 1. The van der Waals surface area contributed by atoms with Crippen molar-refractivity contribution in [1.82, 2.24) is 0 Å². The summed E-state index contributed by atoms with van der Waals surface area (Å²) in [6.07, 6.45) is 1.69. The van der Waals surface area contributed by atoms with Gasteiger partial charge in [-0.25, -0.2) is 4.90 Å². The maximum atomic E-state index is 12.5. The number of anilines is 1. The summed E-state index contributed by atoms with van der Waals surface area (Å²) in [6, 6.07) is 16.3. The fourth-order valence-corrected chi connectivity index (χ4v) is 3.03. The molecule has 0 spiro atoms. The summed E-state index contributed by atoms with van der Waals surface area (Å²) in [5.74, 6) is 0.348. The van der Waals surface area contributed by atoms with Gasteiger partial charge < -0.3 is 4.74 Å². The predicted octanol–water partition coefficient (Wildman–Crippen LogP) is 3.94. The van der Waals surface area contributed by atoms with Crippen LogP contribution in [0.3, 0.4) is 0 Å². The first-order valence-electron chi connectivity index (χ1n) is 6.67. The molecule has 0 radical (unpaired) electrons. The van der Waals surface area contributed by atoms with Crippen LogP contribution < -0.4 is 9.64 Å². The Morgan fingerprint density at radius 3 is 2.41 bits per heavy atom. The number of hydrogen-bond donors (Lipinski definition) is 0. The fourth-order valence-electron chi connectivity index (χ4n) is 2.19. The maximum absolute atomic E-state index is 12.5. The number of carbonyl (C=O) groups excluding carboxylic acids is 2. The van der Waals surface area contributed by atoms with Crippen molar-refractivity contribution < 1.29 is 14.3 Å². The molecular formula is C17H13NO3S. The molecule has 0 bridgehead atoms. The normalized spacial score (nSPS) is 16.4. The van der Waals surface area contributed by atoms with Crippen LogP contribution >= 0.6 is 11.8 Å². The lowest BCUT2D eigenvalue weighted by Gasteiger charge is -2.11. The van der Waals surface area contributed by atoms with Crippen LogP contribution in [0.15, 0.2) is 59.5 Å². The van der Waals surface area contributed by atoms with Crippen LogP contribution in [-0.4, -0.2) is 18.3 Å². The largest absolute Gasteiger partial charge is 0.496 e. The number of thioether (sulfide) groups is 1. The third-order valence-electron chi connectivity index (χ3n) is 3.23. The third-order valence-corrected chi connectivity index (χ3v) is 4.10. The molecule has 2 aromatic rings. The van der Waals surface area contributed by atoms with Crippen molar-refractivity contribution in [3.63, 3.8) is 0 Å². The van der Waals surface area contributed by atoms with E-state index in [1.165, 1.54) is 4.90 Å². The molecule has 0 N–H and O–H groups in total. The van der Waals surface area contributed by atoms with Gasteiger partial charge in [-0.15, -0.1) is 0 Å². The molecule has 1 aliphatic rings. The Morgan fingerprint density at radius 1 is 1.00 bits per heavy atom. The van der Waals surface area contributed by atoms with E-state index in [4.69, 9.17) is 4.74 Å². The minimum Gasteiger partial charge on any atom is -0.496 e. The van der Waals surface area contributed by atoms with Gasteiger partial charge in [-0.2, -0.15) is 0 Å². The van der Waals surface area contributed by atoms with E-state index in [9.17, 15) is 9.59 Å². The van der Waals surface area contributed by atoms with Crippen LogP contribution in [0.25, 0.3) is 6.08 Å². The average molecular weight is 311 g/mol. The summed E-state index contributed by atoms with van der Waals surface area (Å²) in [4.78, 5) is 26.2. The van der Waals surface area contributed by atoms with Gasteiger partial charge in [0.25, 0.3) is 11.1 Å². The zero-order valence-electron chi connectivity index (χ0n) is 11.9. The van der Waals surface area contributed by atoms with E-state index in [1.807, 2.05) is 30.3 Å². The maximum Gasteiger partial charge on any atom is 0.298 e. The van der Waals surface area contributed by atoms with Crippen molar-refractivity contribution in [3.05, 3.63) is 65.1 Å². The van der Waals surface area contributed by atoms with Gasteiger partial charge in [-0.1, -0.05) is 36.4 Å². The summed E-state index contributed by atoms with van der Waals surface area (Å²) >= 11 is 0.934. The Labute approximate surface area is 132 Å². The number of para-hydroxylation sites is 2. The topological polar surface area (TPSA) is 46.6 Å². The second-order valence-corrected chi connectivity index (χ2v) is 5.59. The van der Waals surface area contributed by atoms with Crippen LogP contribution in [0.1, 0.15) is 5.56 Å². The molecule has 110 valence electrons. The summed E-state index contributed by atoms with van der Waals surface area (Å²) in [6.45, 7) is 0. The molecule has 0 aromatic heterocycles. The molecule has 0 unspecified atom stereocenters. The zero-order chi connectivity index (χ0) is 15.5. The monoisotopic (exact) mass is 311 g/mol. The first kappa shape index (κ1) is 14.4. The van der Waals surface area contributed by atoms with Crippen LogP contribution in [0.4, 0.5) is 10.5 Å². The molecule has 1 saturated heterocycles. The molecule has 0 aliphatic carbocycles. The van der Waals surface area contributed by atoms with E-state index >= 15 is 0 Å². The quantitative estimate of drug-likeness (QED) is 0.806. The molecule has 22 heavy (non-hydrogen) atoms. The summed E-state index contributed by atoms with van der Waals surface area (Å²) in [5, 5.41) is -0.294. The van der Waals surface area contributed by atoms with Gasteiger partial charge in [-0.3, -0.25) is 9.59 Å². The van der Waals surface area contributed by atoms with E-state index in [0.29, 0.717) is 16.3 Å². The van der Waals surface area contributed by atoms with Gasteiger partial charge in [0.05, 0.1) is 17.7 Å². The molecule has 3 rings (SSSR count). The first-order chi connectivity index (χ1) is 10.7. The number of hydrogen-bond acceptors (Lipinski definition) is 4. The van der Waals surface area contributed by atoms with Crippen LogP contribution in [0.5, 0.6) is 5.75 Å². The van der Waals surface area contributed by atoms with E-state index in [-0.39, 0.29) is 11.1 Å². The van der Waals surface area contributed by atoms with Crippen molar-refractivity contribution in [2.45, 2.75) is 0 Å². The van der Waals surface area contributed by atoms with E-state index < -0.39 is 0 Å². The Kier molecular flexibility index (Phi) is 3.98. The number of benzene rings is 2. The molecule has 2 aromatic carbocycles. The van der Waals surface area contributed by atoms with Gasteiger partial charge in [0.2, 0.25) is 0 Å². The molecule has 4 nitrogen and oxygen atoms in total. The van der Waals surface area contributed by atoms with Crippen molar-refractivity contribution in [3.8, 4) is 5.75 Å². The minimum atomic E-state index is -0.313. The Balaban J connectivity index is 1.96. The smallest absolute Gasteiger partial charge is 0.298 e. The van der Waals surface area contributed by atoms with Crippen LogP contribution in [-0.2, 0) is 4.79 Å². The molecular weight excluding hydrogens is 298 g/mol. The fraction of sp³-hybridized carbons (Fsp3) is 0.0588. The van der Waals surface area contributed by atoms with Crippen molar-refractivity contribution in [2.75, 3.05) is 12.0 Å². The van der Waals surface area contributed by atoms with Gasteiger partial charge in [0, 0.05) is 5.56 Å². The average Bonchev–Trinajstić information content (AvgIpc) is 2.83. The van der Waals surface area contributed by atoms with Gasteiger partial charge in [0.15, 0.2) is 0 Å². The SMILES string of the molecule is COc1ccccc1C=C1SC(=O)N(c2ccccc2)C1=O. The third kappa shape index (κ3) is 2.63. The molecule has 5 heteroatoms. The number of carbonyl (C=O) groups is 2. The molecule has 0 saturated carbocycles. The highest BCUT2D eigenvalue weighted by molar-refractivity contribution is 8.19. The Hall–Kier alpha value is -2.53. The lowest BCUT2D eigenvalue weighted by molar-refractivity contribution is -0.113.